The first-order valence-corrected chi connectivity index (χ1v) is 5.64. The molecule has 0 radical (unpaired) electrons. The van der Waals surface area contributed by atoms with Crippen molar-refractivity contribution in [2.75, 3.05) is 6.54 Å². The molecule has 0 aliphatic carbocycles. The predicted octanol–water partition coefficient (Wildman–Crippen LogP) is 2.43. The zero-order valence-corrected chi connectivity index (χ0v) is 8.07. The van der Waals surface area contributed by atoms with Crippen LogP contribution < -0.4 is 5.32 Å². The molecule has 0 spiro atoms. The van der Waals surface area contributed by atoms with E-state index in [0.29, 0.717) is 0 Å². The lowest BCUT2D eigenvalue weighted by molar-refractivity contribution is 0.399. The first-order valence-electron chi connectivity index (χ1n) is 4.69. The van der Waals surface area contributed by atoms with Crippen molar-refractivity contribution in [2.45, 2.75) is 31.7 Å². The van der Waals surface area contributed by atoms with Gasteiger partial charge in [0.2, 0.25) is 0 Å². The van der Waals surface area contributed by atoms with Crippen molar-refractivity contribution in [1.29, 1.82) is 0 Å². The third-order valence-electron chi connectivity index (χ3n) is 2.47. The fourth-order valence-corrected chi connectivity index (χ4v) is 2.47. The quantitative estimate of drug-likeness (QED) is 0.739. The summed E-state index contributed by atoms with van der Waals surface area (Å²) in [4.78, 5) is 0. The van der Waals surface area contributed by atoms with Crippen molar-refractivity contribution in [2.24, 2.45) is 0 Å². The van der Waals surface area contributed by atoms with Gasteiger partial charge in [-0.05, 0) is 48.2 Å². The molecule has 2 heteroatoms. The van der Waals surface area contributed by atoms with Gasteiger partial charge in [0.15, 0.2) is 0 Å². The molecule has 66 valence electrons. The van der Waals surface area contributed by atoms with Gasteiger partial charge in [-0.1, -0.05) is 6.42 Å². The molecule has 12 heavy (non-hydrogen) atoms. The zero-order chi connectivity index (χ0) is 8.23. The average molecular weight is 181 g/mol. The van der Waals surface area contributed by atoms with Crippen LogP contribution in [0.1, 0.15) is 24.8 Å². The van der Waals surface area contributed by atoms with E-state index in [1.54, 1.807) is 11.3 Å². The lowest BCUT2D eigenvalue weighted by atomic mass is 9.99. The van der Waals surface area contributed by atoms with Crippen molar-refractivity contribution in [3.63, 3.8) is 0 Å². The number of piperidine rings is 1. The van der Waals surface area contributed by atoms with E-state index >= 15 is 0 Å². The second-order valence-electron chi connectivity index (χ2n) is 3.48. The van der Waals surface area contributed by atoms with Crippen molar-refractivity contribution in [3.8, 4) is 0 Å². The summed E-state index contributed by atoms with van der Waals surface area (Å²) in [7, 11) is 0. The summed E-state index contributed by atoms with van der Waals surface area (Å²) in [5, 5.41) is 7.99. The fraction of sp³-hybridized carbons (Fsp3) is 0.600. The van der Waals surface area contributed by atoms with Gasteiger partial charge < -0.3 is 5.32 Å². The van der Waals surface area contributed by atoms with E-state index in [1.165, 1.54) is 37.8 Å². The van der Waals surface area contributed by atoms with Crippen LogP contribution in [-0.2, 0) is 6.42 Å². The highest BCUT2D eigenvalue weighted by atomic mass is 32.1. The Bertz CT molecular complexity index is 212. The largest absolute Gasteiger partial charge is 0.314 e. The Kier molecular flexibility index (Phi) is 2.79. The minimum absolute atomic E-state index is 0.744. The van der Waals surface area contributed by atoms with E-state index < -0.39 is 0 Å². The SMILES string of the molecule is c1cc(CC2CCCCN2)cs1. The highest BCUT2D eigenvalue weighted by Crippen LogP contribution is 2.14. The summed E-state index contributed by atoms with van der Waals surface area (Å²) >= 11 is 1.80. The molecule has 1 aliphatic rings. The molecule has 1 fully saturated rings. The summed E-state index contributed by atoms with van der Waals surface area (Å²) in [6.07, 6.45) is 5.35. The third kappa shape index (κ3) is 2.08. The summed E-state index contributed by atoms with van der Waals surface area (Å²) in [6, 6.07) is 2.98. The molecule has 0 amide bonds. The van der Waals surface area contributed by atoms with E-state index in [-0.39, 0.29) is 0 Å². The van der Waals surface area contributed by atoms with Gasteiger partial charge in [-0.15, -0.1) is 0 Å². The number of thiophene rings is 1. The Morgan fingerprint density at radius 2 is 2.50 bits per heavy atom. The van der Waals surface area contributed by atoms with Crippen molar-refractivity contribution >= 4 is 11.3 Å². The molecule has 1 N–H and O–H groups in total. The highest BCUT2D eigenvalue weighted by molar-refractivity contribution is 7.07. The van der Waals surface area contributed by atoms with Crippen molar-refractivity contribution in [1.82, 2.24) is 5.32 Å². The Morgan fingerprint density at radius 3 is 3.17 bits per heavy atom. The molecule has 1 aromatic heterocycles. The first kappa shape index (κ1) is 8.27. The Balaban J connectivity index is 1.86. The number of rotatable bonds is 2. The zero-order valence-electron chi connectivity index (χ0n) is 7.25. The van der Waals surface area contributed by atoms with E-state index in [0.717, 1.165) is 6.04 Å². The summed E-state index contributed by atoms with van der Waals surface area (Å²) in [5.41, 5.74) is 1.50. The van der Waals surface area contributed by atoms with Crippen molar-refractivity contribution in [3.05, 3.63) is 22.4 Å². The molecule has 1 saturated heterocycles. The van der Waals surface area contributed by atoms with Gasteiger partial charge in [-0.3, -0.25) is 0 Å². The molecule has 1 atom stereocenters. The smallest absolute Gasteiger partial charge is 0.0108 e. The third-order valence-corrected chi connectivity index (χ3v) is 3.21. The summed E-state index contributed by atoms with van der Waals surface area (Å²) in [6.45, 7) is 1.22. The van der Waals surface area contributed by atoms with E-state index in [1.807, 2.05) is 0 Å². The van der Waals surface area contributed by atoms with Gasteiger partial charge in [0.05, 0.1) is 0 Å². The van der Waals surface area contributed by atoms with E-state index in [9.17, 15) is 0 Å². The molecule has 1 unspecified atom stereocenters. The Morgan fingerprint density at radius 1 is 1.50 bits per heavy atom. The molecule has 2 heterocycles. The second-order valence-corrected chi connectivity index (χ2v) is 4.26. The Hall–Kier alpha value is -0.340. The van der Waals surface area contributed by atoms with Gasteiger partial charge in [-0.25, -0.2) is 0 Å². The van der Waals surface area contributed by atoms with Crippen LogP contribution in [0, 0.1) is 0 Å². The normalized spacial score (nSPS) is 24.2. The molecule has 1 aromatic rings. The molecule has 0 bridgehead atoms. The standard InChI is InChI=1S/C10H15NS/c1-2-5-11-10(3-1)7-9-4-6-12-8-9/h4,6,8,10-11H,1-3,5,7H2. The number of nitrogens with one attached hydrogen (secondary N) is 1. The minimum Gasteiger partial charge on any atom is -0.314 e. The van der Waals surface area contributed by atoms with E-state index in [2.05, 4.69) is 22.1 Å². The van der Waals surface area contributed by atoms with Crippen LogP contribution in [0.25, 0.3) is 0 Å². The minimum atomic E-state index is 0.744. The summed E-state index contributed by atoms with van der Waals surface area (Å²) in [5.74, 6) is 0. The molecule has 1 nitrogen and oxygen atoms in total. The summed E-state index contributed by atoms with van der Waals surface area (Å²) < 4.78 is 0. The van der Waals surface area contributed by atoms with Crippen LogP contribution in [0.15, 0.2) is 16.8 Å². The average Bonchev–Trinajstić information content (AvgIpc) is 2.59. The van der Waals surface area contributed by atoms with Crippen molar-refractivity contribution < 1.29 is 0 Å². The Labute approximate surface area is 77.8 Å². The van der Waals surface area contributed by atoms with Crippen LogP contribution in [0.5, 0.6) is 0 Å². The second kappa shape index (κ2) is 4.06. The molecular formula is C10H15NS. The van der Waals surface area contributed by atoms with Gasteiger partial charge in [-0.2, -0.15) is 11.3 Å². The molecule has 1 aliphatic heterocycles. The van der Waals surface area contributed by atoms with Crippen LogP contribution in [0.2, 0.25) is 0 Å². The van der Waals surface area contributed by atoms with Gasteiger partial charge in [0.25, 0.3) is 0 Å². The molecule has 0 aromatic carbocycles. The van der Waals surface area contributed by atoms with Crippen LogP contribution in [0.3, 0.4) is 0 Å². The van der Waals surface area contributed by atoms with Gasteiger partial charge in [0.1, 0.15) is 0 Å². The lowest BCUT2D eigenvalue weighted by Gasteiger charge is -2.22. The maximum atomic E-state index is 3.56. The van der Waals surface area contributed by atoms with Gasteiger partial charge >= 0.3 is 0 Å². The molecule has 2 rings (SSSR count). The fourth-order valence-electron chi connectivity index (χ4n) is 1.79. The highest BCUT2D eigenvalue weighted by Gasteiger charge is 2.12. The topological polar surface area (TPSA) is 12.0 Å². The maximum Gasteiger partial charge on any atom is 0.0108 e. The monoisotopic (exact) mass is 181 g/mol. The van der Waals surface area contributed by atoms with E-state index in [4.69, 9.17) is 0 Å². The maximum absolute atomic E-state index is 3.56. The van der Waals surface area contributed by atoms with Gasteiger partial charge in [0, 0.05) is 6.04 Å². The van der Waals surface area contributed by atoms with Crippen LogP contribution >= 0.6 is 11.3 Å². The lowest BCUT2D eigenvalue weighted by Crippen LogP contribution is -2.35. The number of hydrogen-bond donors (Lipinski definition) is 1. The predicted molar refractivity (Wildman–Crippen MR) is 53.7 cm³/mol. The number of hydrogen-bond acceptors (Lipinski definition) is 2. The molecular weight excluding hydrogens is 166 g/mol. The van der Waals surface area contributed by atoms with Crippen LogP contribution in [-0.4, -0.2) is 12.6 Å². The molecule has 0 saturated carbocycles. The first-order chi connectivity index (χ1) is 5.95. The van der Waals surface area contributed by atoms with Crippen LogP contribution in [0.4, 0.5) is 0 Å².